The van der Waals surface area contributed by atoms with Gasteiger partial charge in [-0.15, -0.1) is 11.3 Å². The highest BCUT2D eigenvalue weighted by molar-refractivity contribution is 7.10. The molecule has 0 spiro atoms. The van der Waals surface area contributed by atoms with Crippen molar-refractivity contribution in [1.29, 1.82) is 0 Å². The van der Waals surface area contributed by atoms with E-state index in [4.69, 9.17) is 9.47 Å². The summed E-state index contributed by atoms with van der Waals surface area (Å²) in [7, 11) is 3.20. The molecule has 0 unspecified atom stereocenters. The summed E-state index contributed by atoms with van der Waals surface area (Å²) in [5.41, 5.74) is 2.81. The second kappa shape index (κ2) is 13.5. The zero-order chi connectivity index (χ0) is 25.0. The number of ether oxygens (including phenoxy) is 2. The maximum Gasteiger partial charge on any atom is 0.322 e. The van der Waals surface area contributed by atoms with Crippen LogP contribution in [-0.2, 0) is 22.6 Å². The van der Waals surface area contributed by atoms with Crippen LogP contribution in [0.4, 0.5) is 10.5 Å². The molecular formula is C27H33N3O4S. The van der Waals surface area contributed by atoms with E-state index in [0.29, 0.717) is 44.1 Å². The standard InChI is InChI=1S/C27H33N3O4S/c1-21-13-16-35-25(21)19-30(18-22-9-5-4-6-10-22)26(31)20-29(14-8-15-33-2)27(32)28-23-11-7-12-24(17-23)34-3/h4-7,9-13,16-17H,8,14-15,18-20H2,1-3H3,(H,28,32). The number of benzene rings is 2. The van der Waals surface area contributed by atoms with Gasteiger partial charge in [0.2, 0.25) is 5.91 Å². The summed E-state index contributed by atoms with van der Waals surface area (Å²) in [6, 6.07) is 18.8. The summed E-state index contributed by atoms with van der Waals surface area (Å²) in [5, 5.41) is 4.93. The molecule has 0 radical (unpaired) electrons. The Morgan fingerprint density at radius 2 is 1.77 bits per heavy atom. The summed E-state index contributed by atoms with van der Waals surface area (Å²) >= 11 is 1.64. The predicted octanol–water partition coefficient (Wildman–Crippen LogP) is 5.16. The molecule has 0 atom stereocenters. The largest absolute Gasteiger partial charge is 0.497 e. The van der Waals surface area contributed by atoms with Gasteiger partial charge in [-0.2, -0.15) is 0 Å². The molecule has 2 aromatic carbocycles. The van der Waals surface area contributed by atoms with E-state index in [9.17, 15) is 9.59 Å². The van der Waals surface area contributed by atoms with Crippen molar-refractivity contribution in [3.8, 4) is 5.75 Å². The van der Waals surface area contributed by atoms with Gasteiger partial charge in [0.1, 0.15) is 12.3 Å². The Morgan fingerprint density at radius 1 is 0.971 bits per heavy atom. The fourth-order valence-corrected chi connectivity index (χ4v) is 4.52. The molecule has 1 aromatic heterocycles. The Balaban J connectivity index is 1.76. The van der Waals surface area contributed by atoms with E-state index < -0.39 is 0 Å². The molecule has 0 bridgehead atoms. The highest BCUT2D eigenvalue weighted by Crippen LogP contribution is 2.20. The number of aryl methyl sites for hydroxylation is 1. The summed E-state index contributed by atoms with van der Waals surface area (Å²) in [6.45, 7) is 3.89. The van der Waals surface area contributed by atoms with Crippen LogP contribution >= 0.6 is 11.3 Å². The van der Waals surface area contributed by atoms with Crippen molar-refractivity contribution in [1.82, 2.24) is 9.80 Å². The molecule has 0 aliphatic carbocycles. The van der Waals surface area contributed by atoms with Gasteiger partial charge in [-0.3, -0.25) is 4.79 Å². The van der Waals surface area contributed by atoms with Crippen molar-refractivity contribution < 1.29 is 19.1 Å². The van der Waals surface area contributed by atoms with Gasteiger partial charge in [-0.25, -0.2) is 4.79 Å². The van der Waals surface area contributed by atoms with Gasteiger partial charge in [0, 0.05) is 43.4 Å². The number of methoxy groups -OCH3 is 2. The average Bonchev–Trinajstić information content (AvgIpc) is 3.27. The topological polar surface area (TPSA) is 71.1 Å². The van der Waals surface area contributed by atoms with Gasteiger partial charge in [-0.1, -0.05) is 36.4 Å². The average molecular weight is 496 g/mol. The van der Waals surface area contributed by atoms with Crippen LogP contribution in [0.1, 0.15) is 22.4 Å². The molecule has 8 heteroatoms. The number of rotatable bonds is 12. The lowest BCUT2D eigenvalue weighted by molar-refractivity contribution is -0.133. The summed E-state index contributed by atoms with van der Waals surface area (Å²) in [4.78, 5) is 31.2. The lowest BCUT2D eigenvalue weighted by atomic mass is 10.2. The molecule has 7 nitrogen and oxygen atoms in total. The van der Waals surface area contributed by atoms with E-state index in [0.717, 1.165) is 16.0 Å². The molecule has 0 aliphatic rings. The Kier molecular flexibility index (Phi) is 10.1. The van der Waals surface area contributed by atoms with E-state index in [1.54, 1.807) is 48.7 Å². The number of hydrogen-bond donors (Lipinski definition) is 1. The first kappa shape index (κ1) is 26.2. The zero-order valence-electron chi connectivity index (χ0n) is 20.5. The number of hydrogen-bond acceptors (Lipinski definition) is 5. The van der Waals surface area contributed by atoms with E-state index in [2.05, 4.69) is 18.3 Å². The molecule has 0 aliphatic heterocycles. The van der Waals surface area contributed by atoms with Gasteiger partial charge in [0.15, 0.2) is 0 Å². The molecule has 0 saturated heterocycles. The summed E-state index contributed by atoms with van der Waals surface area (Å²) < 4.78 is 10.4. The van der Waals surface area contributed by atoms with Crippen LogP contribution in [0, 0.1) is 6.92 Å². The first-order valence-electron chi connectivity index (χ1n) is 11.5. The minimum atomic E-state index is -0.338. The van der Waals surface area contributed by atoms with E-state index in [1.165, 1.54) is 0 Å². The van der Waals surface area contributed by atoms with Crippen molar-refractivity contribution >= 4 is 29.0 Å². The molecule has 0 fully saturated rings. The van der Waals surface area contributed by atoms with Crippen molar-refractivity contribution in [3.63, 3.8) is 0 Å². The van der Waals surface area contributed by atoms with E-state index >= 15 is 0 Å². The number of carbonyl (C=O) groups excluding carboxylic acids is 2. The fraction of sp³-hybridized carbons (Fsp3) is 0.333. The minimum Gasteiger partial charge on any atom is -0.497 e. The fourth-order valence-electron chi connectivity index (χ4n) is 3.59. The molecule has 35 heavy (non-hydrogen) atoms. The highest BCUT2D eigenvalue weighted by atomic mass is 32.1. The van der Waals surface area contributed by atoms with E-state index in [-0.39, 0.29) is 18.5 Å². The Hall–Kier alpha value is -3.36. The third-order valence-electron chi connectivity index (χ3n) is 5.58. The third kappa shape index (κ3) is 8.12. The van der Waals surface area contributed by atoms with Crippen molar-refractivity contribution in [2.75, 3.05) is 39.2 Å². The molecule has 3 amide bonds. The monoisotopic (exact) mass is 495 g/mol. The van der Waals surface area contributed by atoms with Crippen LogP contribution in [0.25, 0.3) is 0 Å². The molecule has 186 valence electrons. The van der Waals surface area contributed by atoms with Crippen LogP contribution in [0.5, 0.6) is 5.75 Å². The van der Waals surface area contributed by atoms with Gasteiger partial charge < -0.3 is 24.6 Å². The minimum absolute atomic E-state index is 0.0310. The third-order valence-corrected chi connectivity index (χ3v) is 6.59. The predicted molar refractivity (Wildman–Crippen MR) is 140 cm³/mol. The number of urea groups is 1. The van der Waals surface area contributed by atoms with Crippen LogP contribution < -0.4 is 10.1 Å². The number of nitrogens with zero attached hydrogens (tertiary/aromatic N) is 2. The van der Waals surface area contributed by atoms with Crippen molar-refractivity contribution in [2.24, 2.45) is 0 Å². The quantitative estimate of drug-likeness (QED) is 0.352. The smallest absolute Gasteiger partial charge is 0.322 e. The highest BCUT2D eigenvalue weighted by Gasteiger charge is 2.23. The number of carbonyl (C=O) groups is 2. The van der Waals surface area contributed by atoms with Gasteiger partial charge >= 0.3 is 6.03 Å². The van der Waals surface area contributed by atoms with Crippen LogP contribution in [0.15, 0.2) is 66.0 Å². The second-order valence-corrected chi connectivity index (χ2v) is 9.19. The summed E-state index contributed by atoms with van der Waals surface area (Å²) in [5.74, 6) is 0.532. The number of anilines is 1. The van der Waals surface area contributed by atoms with Crippen molar-refractivity contribution in [2.45, 2.75) is 26.4 Å². The zero-order valence-corrected chi connectivity index (χ0v) is 21.3. The maximum absolute atomic E-state index is 13.5. The Labute approximate surface area is 211 Å². The van der Waals surface area contributed by atoms with Crippen molar-refractivity contribution in [3.05, 3.63) is 82.0 Å². The summed E-state index contributed by atoms with van der Waals surface area (Å²) in [6.07, 6.45) is 0.623. The molecular weight excluding hydrogens is 462 g/mol. The van der Waals surface area contributed by atoms with Crippen LogP contribution in [-0.4, -0.2) is 55.7 Å². The number of nitrogens with one attached hydrogen (secondary N) is 1. The van der Waals surface area contributed by atoms with Crippen LogP contribution in [0.2, 0.25) is 0 Å². The molecule has 3 rings (SSSR count). The molecule has 1 N–H and O–H groups in total. The first-order chi connectivity index (χ1) is 17.0. The molecule has 3 aromatic rings. The van der Waals surface area contributed by atoms with Crippen LogP contribution in [0.3, 0.4) is 0 Å². The number of amides is 3. The molecule has 1 heterocycles. The normalized spacial score (nSPS) is 10.6. The van der Waals surface area contributed by atoms with Gasteiger partial charge in [0.05, 0.1) is 13.7 Å². The Morgan fingerprint density at radius 3 is 2.46 bits per heavy atom. The second-order valence-electron chi connectivity index (χ2n) is 8.19. The van der Waals surface area contributed by atoms with Gasteiger partial charge in [0.25, 0.3) is 0 Å². The lowest BCUT2D eigenvalue weighted by Gasteiger charge is -2.28. The SMILES string of the molecule is COCCCN(CC(=O)N(Cc1ccccc1)Cc1sccc1C)C(=O)Nc1cccc(OC)c1. The Bertz CT molecular complexity index is 1090. The number of thiophene rings is 1. The maximum atomic E-state index is 13.5. The molecule has 0 saturated carbocycles. The lowest BCUT2D eigenvalue weighted by Crippen LogP contribution is -2.44. The van der Waals surface area contributed by atoms with Gasteiger partial charge in [-0.05, 0) is 48.1 Å². The van der Waals surface area contributed by atoms with E-state index in [1.807, 2.05) is 46.7 Å². The first-order valence-corrected chi connectivity index (χ1v) is 12.4.